The molecule has 3 aromatic rings. The van der Waals surface area contributed by atoms with Gasteiger partial charge in [-0.2, -0.15) is 5.10 Å². The Balaban J connectivity index is 1.54. The van der Waals surface area contributed by atoms with Crippen LogP contribution < -0.4 is 10.6 Å². The third-order valence-electron chi connectivity index (χ3n) is 4.63. The fraction of sp³-hybridized carbons (Fsp3) is 0.227. The molecule has 0 aliphatic heterocycles. The molecule has 0 aliphatic carbocycles. The van der Waals surface area contributed by atoms with Crippen molar-refractivity contribution in [2.24, 2.45) is 0 Å². The van der Waals surface area contributed by atoms with Gasteiger partial charge >= 0.3 is 0 Å². The molecule has 0 radical (unpaired) electrons. The van der Waals surface area contributed by atoms with Gasteiger partial charge in [0.15, 0.2) is 0 Å². The summed E-state index contributed by atoms with van der Waals surface area (Å²) in [6.07, 6.45) is 2.93. The van der Waals surface area contributed by atoms with Crippen molar-refractivity contribution in [3.05, 3.63) is 83.7 Å². The molecular formula is C22H22F2N4O2. The van der Waals surface area contributed by atoms with E-state index < -0.39 is 17.1 Å². The highest BCUT2D eigenvalue weighted by atomic mass is 19.1. The van der Waals surface area contributed by atoms with Crippen molar-refractivity contribution in [2.75, 3.05) is 11.9 Å². The van der Waals surface area contributed by atoms with Crippen LogP contribution in [-0.4, -0.2) is 28.1 Å². The molecule has 3 rings (SSSR count). The minimum absolute atomic E-state index is 0.0558. The highest BCUT2D eigenvalue weighted by molar-refractivity contribution is 6.04. The number of hydrogen-bond donors (Lipinski definition) is 2. The summed E-state index contributed by atoms with van der Waals surface area (Å²) in [5, 5.41) is 9.48. The van der Waals surface area contributed by atoms with Crippen molar-refractivity contribution in [3.63, 3.8) is 0 Å². The maximum absolute atomic E-state index is 14.0. The lowest BCUT2D eigenvalue weighted by Gasteiger charge is -2.26. The molecule has 1 heterocycles. The molecule has 2 aromatic carbocycles. The molecule has 0 bridgehead atoms. The van der Waals surface area contributed by atoms with Gasteiger partial charge in [0.25, 0.3) is 5.91 Å². The number of carbonyl (C=O) groups is 2. The molecule has 8 heteroatoms. The first-order valence-electron chi connectivity index (χ1n) is 9.36. The number of hydrogen-bond acceptors (Lipinski definition) is 3. The van der Waals surface area contributed by atoms with Gasteiger partial charge in [0.1, 0.15) is 18.2 Å². The summed E-state index contributed by atoms with van der Waals surface area (Å²) in [5.41, 5.74) is 0.649. The fourth-order valence-corrected chi connectivity index (χ4v) is 2.95. The summed E-state index contributed by atoms with van der Waals surface area (Å²) in [5.74, 6) is -1.45. The van der Waals surface area contributed by atoms with E-state index in [-0.39, 0.29) is 24.8 Å². The van der Waals surface area contributed by atoms with Crippen LogP contribution in [0.15, 0.2) is 60.9 Å². The van der Waals surface area contributed by atoms with E-state index in [1.807, 2.05) is 13.8 Å². The van der Waals surface area contributed by atoms with Crippen molar-refractivity contribution in [2.45, 2.75) is 25.8 Å². The Hall–Kier alpha value is -3.55. The first-order valence-corrected chi connectivity index (χ1v) is 9.36. The third kappa shape index (κ3) is 5.28. The zero-order valence-corrected chi connectivity index (χ0v) is 16.7. The number of anilines is 1. The highest BCUT2D eigenvalue weighted by Gasteiger charge is 2.24. The molecular weight excluding hydrogens is 390 g/mol. The number of amides is 2. The molecule has 6 nitrogen and oxygen atoms in total. The Morgan fingerprint density at radius 3 is 2.47 bits per heavy atom. The van der Waals surface area contributed by atoms with Gasteiger partial charge in [-0.05, 0) is 35.9 Å². The van der Waals surface area contributed by atoms with Crippen LogP contribution in [0, 0.1) is 11.6 Å². The summed E-state index contributed by atoms with van der Waals surface area (Å²) in [7, 11) is 0. The summed E-state index contributed by atoms with van der Waals surface area (Å²) in [4.78, 5) is 24.4. The monoisotopic (exact) mass is 412 g/mol. The van der Waals surface area contributed by atoms with Crippen LogP contribution in [-0.2, 0) is 16.8 Å². The van der Waals surface area contributed by atoms with Crippen LogP contribution in [0.3, 0.4) is 0 Å². The van der Waals surface area contributed by atoms with Crippen molar-refractivity contribution < 1.29 is 18.4 Å². The quantitative estimate of drug-likeness (QED) is 0.624. The lowest BCUT2D eigenvalue weighted by atomic mass is 9.84. The van der Waals surface area contributed by atoms with Gasteiger partial charge in [0.2, 0.25) is 5.91 Å². The Kier molecular flexibility index (Phi) is 6.25. The van der Waals surface area contributed by atoms with Crippen LogP contribution in [0.4, 0.5) is 14.5 Å². The topological polar surface area (TPSA) is 76.0 Å². The second-order valence-corrected chi connectivity index (χ2v) is 7.53. The molecule has 156 valence electrons. The number of nitrogens with zero attached hydrogens (tertiary/aromatic N) is 2. The average Bonchev–Trinajstić information content (AvgIpc) is 3.14. The molecule has 2 N–H and O–H groups in total. The van der Waals surface area contributed by atoms with Gasteiger partial charge in [0, 0.05) is 23.7 Å². The number of carbonyl (C=O) groups excluding carboxylic acids is 2. The van der Waals surface area contributed by atoms with Crippen LogP contribution in [0.25, 0.3) is 0 Å². The fourth-order valence-electron chi connectivity index (χ4n) is 2.95. The van der Waals surface area contributed by atoms with Gasteiger partial charge in [0.05, 0.1) is 11.9 Å². The van der Waals surface area contributed by atoms with E-state index in [0.717, 1.165) is 0 Å². The number of rotatable bonds is 7. The molecule has 0 saturated heterocycles. The van der Waals surface area contributed by atoms with E-state index in [2.05, 4.69) is 15.7 Å². The normalized spacial score (nSPS) is 11.2. The Morgan fingerprint density at radius 2 is 1.77 bits per heavy atom. The van der Waals surface area contributed by atoms with Crippen LogP contribution in [0.2, 0.25) is 0 Å². The maximum atomic E-state index is 14.0. The van der Waals surface area contributed by atoms with E-state index >= 15 is 0 Å². The SMILES string of the molecule is CC(C)(CNC(=O)Cn1cc(NC(=O)c2ccc(F)cc2)cn1)c1ccccc1F. The number of nitrogens with one attached hydrogen (secondary N) is 2. The van der Waals surface area contributed by atoms with Gasteiger partial charge in [-0.25, -0.2) is 8.78 Å². The van der Waals surface area contributed by atoms with E-state index in [1.54, 1.807) is 18.2 Å². The molecule has 2 amide bonds. The van der Waals surface area contributed by atoms with E-state index in [4.69, 9.17) is 0 Å². The minimum Gasteiger partial charge on any atom is -0.354 e. The minimum atomic E-state index is -0.584. The molecule has 0 atom stereocenters. The Bertz CT molecular complexity index is 1050. The standard InChI is InChI=1S/C22H22F2N4O2/c1-22(2,18-5-3-4-6-19(18)24)14-25-20(29)13-28-12-17(11-26-28)27-21(30)15-7-9-16(23)10-8-15/h3-12H,13-14H2,1-2H3,(H,25,29)(H,27,30). The molecule has 1 aromatic heterocycles. The van der Waals surface area contributed by atoms with Crippen LogP contribution in [0.1, 0.15) is 29.8 Å². The van der Waals surface area contributed by atoms with Gasteiger partial charge in [-0.15, -0.1) is 0 Å². The van der Waals surface area contributed by atoms with E-state index in [0.29, 0.717) is 16.8 Å². The van der Waals surface area contributed by atoms with Gasteiger partial charge in [-0.1, -0.05) is 32.0 Å². The zero-order chi connectivity index (χ0) is 21.7. The largest absolute Gasteiger partial charge is 0.354 e. The lowest BCUT2D eigenvalue weighted by Crippen LogP contribution is -2.38. The highest BCUT2D eigenvalue weighted by Crippen LogP contribution is 2.24. The third-order valence-corrected chi connectivity index (χ3v) is 4.63. The number of aromatic nitrogens is 2. The first-order chi connectivity index (χ1) is 14.2. The predicted molar refractivity (Wildman–Crippen MR) is 109 cm³/mol. The second-order valence-electron chi connectivity index (χ2n) is 7.53. The molecule has 0 unspecified atom stereocenters. The van der Waals surface area contributed by atoms with Crippen molar-refractivity contribution in [1.82, 2.24) is 15.1 Å². The number of benzene rings is 2. The lowest BCUT2D eigenvalue weighted by molar-refractivity contribution is -0.122. The van der Waals surface area contributed by atoms with Crippen molar-refractivity contribution >= 4 is 17.5 Å². The van der Waals surface area contributed by atoms with Gasteiger partial charge < -0.3 is 10.6 Å². The molecule has 0 saturated carbocycles. The molecule has 0 spiro atoms. The average molecular weight is 412 g/mol. The predicted octanol–water partition coefficient (Wildman–Crippen LogP) is 3.51. The number of halogens is 2. The Labute approximate surface area is 172 Å². The summed E-state index contributed by atoms with van der Waals surface area (Å²) in [6, 6.07) is 11.6. The second kappa shape index (κ2) is 8.86. The smallest absolute Gasteiger partial charge is 0.255 e. The van der Waals surface area contributed by atoms with E-state index in [1.165, 1.54) is 47.4 Å². The summed E-state index contributed by atoms with van der Waals surface area (Å²) < 4.78 is 28.4. The van der Waals surface area contributed by atoms with Crippen molar-refractivity contribution in [1.29, 1.82) is 0 Å². The summed E-state index contributed by atoms with van der Waals surface area (Å²) >= 11 is 0. The van der Waals surface area contributed by atoms with Crippen LogP contribution >= 0.6 is 0 Å². The first kappa shape index (κ1) is 21.2. The van der Waals surface area contributed by atoms with Gasteiger partial charge in [-0.3, -0.25) is 14.3 Å². The van der Waals surface area contributed by atoms with Crippen molar-refractivity contribution in [3.8, 4) is 0 Å². The zero-order valence-electron chi connectivity index (χ0n) is 16.7. The maximum Gasteiger partial charge on any atom is 0.255 e. The summed E-state index contributed by atoms with van der Waals surface area (Å²) in [6.45, 7) is 3.90. The van der Waals surface area contributed by atoms with E-state index in [9.17, 15) is 18.4 Å². The molecule has 30 heavy (non-hydrogen) atoms. The van der Waals surface area contributed by atoms with Crippen LogP contribution in [0.5, 0.6) is 0 Å². The molecule has 0 aliphatic rings. The molecule has 0 fully saturated rings. The Morgan fingerprint density at radius 1 is 1.07 bits per heavy atom.